The van der Waals surface area contributed by atoms with Gasteiger partial charge in [0.1, 0.15) is 13.2 Å². The summed E-state index contributed by atoms with van der Waals surface area (Å²) in [5.74, 6) is -0.998. The SMILES string of the molecule is CC/C=C\C/C=C\C/C=C\C/C=C\C/C=C\C/C=C\CCCCCCCCCCCCCCCCC(=O)OCC(COC(=O)CCCCCCCCCCC)OC(=O)CC/C=C\C/C=C\C/C=C\C/C=C\C/C=C\C/C=C\CC. The highest BCUT2D eigenvalue weighted by Gasteiger charge is 2.19. The van der Waals surface area contributed by atoms with Crippen molar-refractivity contribution < 1.29 is 28.6 Å². The fraction of sp³-hybridized carbons (Fsp3) is 0.630. The van der Waals surface area contributed by atoms with Crippen molar-refractivity contribution in [2.24, 2.45) is 0 Å². The van der Waals surface area contributed by atoms with E-state index in [1.807, 2.05) is 6.08 Å². The molecular formula is C73H118O6. The molecule has 0 aromatic carbocycles. The van der Waals surface area contributed by atoms with Crippen molar-refractivity contribution in [1.82, 2.24) is 0 Å². The van der Waals surface area contributed by atoms with Crippen LogP contribution in [0.4, 0.5) is 0 Å². The fourth-order valence-corrected chi connectivity index (χ4v) is 8.59. The maximum Gasteiger partial charge on any atom is 0.306 e. The molecule has 1 atom stereocenters. The zero-order valence-corrected chi connectivity index (χ0v) is 51.1. The number of rotatable bonds is 57. The highest BCUT2D eigenvalue weighted by molar-refractivity contribution is 5.71. The van der Waals surface area contributed by atoms with Crippen molar-refractivity contribution in [3.8, 4) is 0 Å². The van der Waals surface area contributed by atoms with E-state index in [1.165, 1.54) is 116 Å². The van der Waals surface area contributed by atoms with Crippen molar-refractivity contribution in [1.29, 1.82) is 0 Å². The summed E-state index contributed by atoms with van der Waals surface area (Å²) in [4.78, 5) is 38.1. The molecule has 0 amide bonds. The topological polar surface area (TPSA) is 78.9 Å². The van der Waals surface area contributed by atoms with Crippen molar-refractivity contribution in [2.45, 2.75) is 284 Å². The Morgan fingerprint density at radius 1 is 0.266 bits per heavy atom. The van der Waals surface area contributed by atoms with E-state index in [2.05, 4.69) is 161 Å². The van der Waals surface area contributed by atoms with Gasteiger partial charge in [0.2, 0.25) is 0 Å². The first-order valence-electron chi connectivity index (χ1n) is 32.3. The molecule has 0 aliphatic rings. The van der Waals surface area contributed by atoms with Gasteiger partial charge in [-0.15, -0.1) is 0 Å². The average Bonchev–Trinajstić information content (AvgIpc) is 3.45. The molecule has 6 heteroatoms. The minimum atomic E-state index is -0.821. The molecule has 0 rings (SSSR count). The van der Waals surface area contributed by atoms with Crippen LogP contribution in [-0.4, -0.2) is 37.2 Å². The molecule has 0 aliphatic heterocycles. The minimum absolute atomic E-state index is 0.110. The van der Waals surface area contributed by atoms with Crippen LogP contribution in [0.15, 0.2) is 146 Å². The normalized spacial score (nSPS) is 13.1. The molecule has 0 radical (unpaired) electrons. The van der Waals surface area contributed by atoms with E-state index in [9.17, 15) is 14.4 Å². The molecule has 79 heavy (non-hydrogen) atoms. The lowest BCUT2D eigenvalue weighted by Crippen LogP contribution is -2.30. The summed E-state index contributed by atoms with van der Waals surface area (Å²) in [6.45, 7) is 6.33. The quantitative estimate of drug-likeness (QED) is 0.0261. The van der Waals surface area contributed by atoms with E-state index >= 15 is 0 Å². The first-order valence-corrected chi connectivity index (χ1v) is 32.3. The van der Waals surface area contributed by atoms with Crippen LogP contribution in [0.2, 0.25) is 0 Å². The molecule has 0 aliphatic carbocycles. The van der Waals surface area contributed by atoms with E-state index in [4.69, 9.17) is 14.2 Å². The molecule has 0 bridgehead atoms. The summed E-state index contributed by atoms with van der Waals surface area (Å²) in [5.41, 5.74) is 0. The summed E-state index contributed by atoms with van der Waals surface area (Å²) in [6, 6.07) is 0. The molecule has 0 saturated carbocycles. The summed E-state index contributed by atoms with van der Waals surface area (Å²) in [7, 11) is 0. The van der Waals surface area contributed by atoms with Gasteiger partial charge in [0.25, 0.3) is 0 Å². The predicted molar refractivity (Wildman–Crippen MR) is 343 cm³/mol. The molecule has 6 nitrogen and oxygen atoms in total. The zero-order chi connectivity index (χ0) is 57.1. The van der Waals surface area contributed by atoms with Gasteiger partial charge in [-0.1, -0.05) is 295 Å². The fourth-order valence-electron chi connectivity index (χ4n) is 8.59. The second kappa shape index (κ2) is 65.8. The number of carbonyl (C=O) groups is 3. The van der Waals surface area contributed by atoms with Gasteiger partial charge in [0, 0.05) is 19.3 Å². The number of unbranched alkanes of at least 4 members (excludes halogenated alkanes) is 22. The zero-order valence-electron chi connectivity index (χ0n) is 51.1. The standard InChI is InChI=1S/C73H118O6/c1-4-7-10-13-16-19-21-23-25-27-29-30-31-32-33-34-35-36-37-38-39-40-41-42-44-45-47-49-51-54-57-60-63-66-72(75)78-69-70(68-77-71(74)65-62-59-56-53-18-15-12-9-6-3)79-73(76)67-64-61-58-55-52-50-48-46-43-28-26-24-22-20-17-14-11-8-5-2/h7-8,10-11,16-17,19-20,23-26,29-30,32-33,35-36,43,46,50,52,58,61,70H,4-6,9,12-15,18,21-22,27-28,31,34,37-42,44-45,47-49,51,53-57,59-60,62-69H2,1-3H3/b10-7-,11-8-,19-16-,20-17-,25-23-,26-24-,30-29-,33-32-,36-35-,46-43-,52-50-,61-58-. The van der Waals surface area contributed by atoms with Crippen molar-refractivity contribution in [2.75, 3.05) is 13.2 Å². The molecule has 0 spiro atoms. The molecule has 446 valence electrons. The molecule has 0 aromatic rings. The van der Waals surface area contributed by atoms with Crippen LogP contribution >= 0.6 is 0 Å². The van der Waals surface area contributed by atoms with Crippen LogP contribution in [0.1, 0.15) is 278 Å². The largest absolute Gasteiger partial charge is 0.462 e. The molecule has 0 N–H and O–H groups in total. The van der Waals surface area contributed by atoms with E-state index in [-0.39, 0.29) is 31.6 Å². The van der Waals surface area contributed by atoms with Crippen molar-refractivity contribution in [3.63, 3.8) is 0 Å². The summed E-state index contributed by atoms with van der Waals surface area (Å²) in [6.07, 6.45) is 94.6. The van der Waals surface area contributed by atoms with Gasteiger partial charge in [0.15, 0.2) is 6.10 Å². The Morgan fingerprint density at radius 3 is 0.823 bits per heavy atom. The second-order valence-electron chi connectivity index (χ2n) is 20.9. The molecule has 0 fully saturated rings. The van der Waals surface area contributed by atoms with Gasteiger partial charge in [-0.3, -0.25) is 14.4 Å². The molecule has 0 heterocycles. The monoisotopic (exact) mass is 1090 g/mol. The lowest BCUT2D eigenvalue weighted by Gasteiger charge is -2.18. The molecule has 0 saturated heterocycles. The lowest BCUT2D eigenvalue weighted by atomic mass is 10.0. The van der Waals surface area contributed by atoms with Crippen molar-refractivity contribution >= 4 is 17.9 Å². The van der Waals surface area contributed by atoms with Gasteiger partial charge >= 0.3 is 17.9 Å². The van der Waals surface area contributed by atoms with Gasteiger partial charge in [-0.25, -0.2) is 0 Å². The summed E-state index contributed by atoms with van der Waals surface area (Å²) < 4.78 is 16.8. The average molecular weight is 1090 g/mol. The molecule has 1 unspecified atom stereocenters. The smallest absolute Gasteiger partial charge is 0.306 e. The van der Waals surface area contributed by atoms with Crippen LogP contribution in [0.25, 0.3) is 0 Å². The Balaban J connectivity index is 4.23. The summed E-state index contributed by atoms with van der Waals surface area (Å²) >= 11 is 0. The van der Waals surface area contributed by atoms with Crippen LogP contribution in [0.5, 0.6) is 0 Å². The number of carbonyl (C=O) groups excluding carboxylic acids is 3. The number of allylic oxidation sites excluding steroid dienone is 24. The first kappa shape index (κ1) is 74.3. The Bertz CT molecular complexity index is 1730. The van der Waals surface area contributed by atoms with E-state index in [1.54, 1.807) is 0 Å². The lowest BCUT2D eigenvalue weighted by molar-refractivity contribution is -0.166. The van der Waals surface area contributed by atoms with Crippen LogP contribution in [0.3, 0.4) is 0 Å². The van der Waals surface area contributed by atoms with Crippen LogP contribution < -0.4 is 0 Å². The maximum atomic E-state index is 12.8. The first-order chi connectivity index (χ1) is 39.0. The second-order valence-corrected chi connectivity index (χ2v) is 20.9. The number of esters is 3. The predicted octanol–water partition coefficient (Wildman–Crippen LogP) is 22.3. The number of hydrogen-bond donors (Lipinski definition) is 0. The third kappa shape index (κ3) is 64.0. The highest BCUT2D eigenvalue weighted by Crippen LogP contribution is 2.16. The van der Waals surface area contributed by atoms with Crippen molar-refractivity contribution in [3.05, 3.63) is 146 Å². The summed E-state index contributed by atoms with van der Waals surface area (Å²) in [5, 5.41) is 0. The Hall–Kier alpha value is -4.71. The number of ether oxygens (including phenoxy) is 3. The Kier molecular flexibility index (Phi) is 61.9. The Labute approximate surface area is 487 Å². The molecular weight excluding hydrogens is 973 g/mol. The van der Waals surface area contributed by atoms with Gasteiger partial charge in [-0.2, -0.15) is 0 Å². The van der Waals surface area contributed by atoms with E-state index in [0.717, 1.165) is 116 Å². The minimum Gasteiger partial charge on any atom is -0.462 e. The van der Waals surface area contributed by atoms with Gasteiger partial charge in [0.05, 0.1) is 0 Å². The third-order valence-corrected chi connectivity index (χ3v) is 13.4. The van der Waals surface area contributed by atoms with Gasteiger partial charge < -0.3 is 14.2 Å². The van der Waals surface area contributed by atoms with Crippen LogP contribution in [-0.2, 0) is 28.6 Å². The maximum absolute atomic E-state index is 12.8. The van der Waals surface area contributed by atoms with E-state index in [0.29, 0.717) is 19.3 Å². The number of hydrogen-bond acceptors (Lipinski definition) is 6. The Morgan fingerprint density at radius 2 is 0.519 bits per heavy atom. The van der Waals surface area contributed by atoms with Crippen LogP contribution in [0, 0.1) is 0 Å². The van der Waals surface area contributed by atoms with Gasteiger partial charge in [-0.05, 0) is 109 Å². The highest BCUT2D eigenvalue weighted by atomic mass is 16.6. The van der Waals surface area contributed by atoms with E-state index < -0.39 is 12.1 Å². The third-order valence-electron chi connectivity index (χ3n) is 13.4. The molecule has 0 aromatic heterocycles.